The van der Waals surface area contributed by atoms with Gasteiger partial charge in [-0.1, -0.05) is 26.2 Å². The van der Waals surface area contributed by atoms with E-state index in [1.807, 2.05) is 6.07 Å². The Labute approximate surface area is 98.8 Å². The highest BCUT2D eigenvalue weighted by Crippen LogP contribution is 2.45. The van der Waals surface area contributed by atoms with Gasteiger partial charge in [-0.2, -0.15) is 0 Å². The smallest absolute Gasteiger partial charge is 0.149 e. The molecule has 3 heteroatoms. The molecule has 1 fully saturated rings. The number of rotatable bonds is 2. The molecule has 0 amide bonds. The van der Waals surface area contributed by atoms with E-state index in [4.69, 9.17) is 4.42 Å². The van der Waals surface area contributed by atoms with Gasteiger partial charge in [0.05, 0.1) is 10.7 Å². The molecule has 0 radical (unpaired) electrons. The standard InChI is InChI=1S/C12H17BrO2/c1-2-9-5-3-4-7-12(9,14)11-10(13)6-8-15-11/h6,8-9,14H,2-5,7H2,1H3. The first-order chi connectivity index (χ1) is 7.18. The Morgan fingerprint density at radius 1 is 1.60 bits per heavy atom. The SMILES string of the molecule is CCC1CCCCC1(O)c1occc1Br. The normalized spacial score (nSPS) is 31.8. The first-order valence-corrected chi connectivity index (χ1v) is 6.43. The van der Waals surface area contributed by atoms with Crippen LogP contribution >= 0.6 is 15.9 Å². The van der Waals surface area contributed by atoms with Crippen LogP contribution in [0.15, 0.2) is 21.2 Å². The van der Waals surface area contributed by atoms with E-state index in [9.17, 15) is 5.11 Å². The van der Waals surface area contributed by atoms with Gasteiger partial charge < -0.3 is 9.52 Å². The lowest BCUT2D eigenvalue weighted by Crippen LogP contribution is -2.37. The van der Waals surface area contributed by atoms with E-state index in [0.29, 0.717) is 11.7 Å². The second-order valence-corrected chi connectivity index (χ2v) is 5.23. The molecule has 1 aliphatic rings. The maximum atomic E-state index is 10.7. The van der Waals surface area contributed by atoms with Crippen molar-refractivity contribution in [2.24, 2.45) is 5.92 Å². The molecule has 2 unspecified atom stereocenters. The van der Waals surface area contributed by atoms with Gasteiger partial charge in [0.2, 0.25) is 0 Å². The Bertz CT molecular complexity index is 334. The third-order valence-electron chi connectivity index (χ3n) is 3.54. The van der Waals surface area contributed by atoms with Crippen molar-refractivity contribution in [3.05, 3.63) is 22.6 Å². The first-order valence-electron chi connectivity index (χ1n) is 5.64. The van der Waals surface area contributed by atoms with Crippen molar-refractivity contribution in [3.8, 4) is 0 Å². The fourth-order valence-corrected chi connectivity index (χ4v) is 3.22. The molecule has 0 bridgehead atoms. The predicted octanol–water partition coefficient (Wildman–Crippen LogP) is 3.83. The summed E-state index contributed by atoms with van der Waals surface area (Å²) in [6, 6.07) is 1.86. The van der Waals surface area contributed by atoms with Gasteiger partial charge in [-0.3, -0.25) is 0 Å². The molecule has 0 spiro atoms. The molecule has 1 aliphatic carbocycles. The summed E-state index contributed by atoms with van der Waals surface area (Å²) in [4.78, 5) is 0. The van der Waals surface area contributed by atoms with Gasteiger partial charge in [-0.15, -0.1) is 0 Å². The van der Waals surface area contributed by atoms with Crippen molar-refractivity contribution >= 4 is 15.9 Å². The topological polar surface area (TPSA) is 33.4 Å². The fraction of sp³-hybridized carbons (Fsp3) is 0.667. The molecule has 2 nitrogen and oxygen atoms in total. The zero-order chi connectivity index (χ0) is 10.9. The van der Waals surface area contributed by atoms with Crippen LogP contribution in [0, 0.1) is 5.92 Å². The summed E-state index contributed by atoms with van der Waals surface area (Å²) in [6.07, 6.45) is 6.86. The van der Waals surface area contributed by atoms with Crippen molar-refractivity contribution in [1.29, 1.82) is 0 Å². The van der Waals surface area contributed by atoms with Crippen LogP contribution in [-0.4, -0.2) is 5.11 Å². The Kier molecular flexibility index (Phi) is 3.21. The summed E-state index contributed by atoms with van der Waals surface area (Å²) < 4.78 is 6.34. The van der Waals surface area contributed by atoms with Gasteiger partial charge in [-0.25, -0.2) is 0 Å². The van der Waals surface area contributed by atoms with Crippen LogP contribution in [0.1, 0.15) is 44.8 Å². The Morgan fingerprint density at radius 2 is 2.40 bits per heavy atom. The van der Waals surface area contributed by atoms with E-state index >= 15 is 0 Å². The van der Waals surface area contributed by atoms with Gasteiger partial charge in [-0.05, 0) is 40.8 Å². The molecule has 84 valence electrons. The highest BCUT2D eigenvalue weighted by molar-refractivity contribution is 9.10. The van der Waals surface area contributed by atoms with Crippen LogP contribution in [0.25, 0.3) is 0 Å². The van der Waals surface area contributed by atoms with Crippen LogP contribution in [0.4, 0.5) is 0 Å². The van der Waals surface area contributed by atoms with E-state index < -0.39 is 5.60 Å². The molecule has 15 heavy (non-hydrogen) atoms. The third-order valence-corrected chi connectivity index (χ3v) is 4.16. The van der Waals surface area contributed by atoms with Crippen LogP contribution < -0.4 is 0 Å². The van der Waals surface area contributed by atoms with Gasteiger partial charge in [0, 0.05) is 0 Å². The summed E-state index contributed by atoms with van der Waals surface area (Å²) in [5.74, 6) is 1.04. The number of hydrogen-bond donors (Lipinski definition) is 1. The van der Waals surface area contributed by atoms with Crippen molar-refractivity contribution in [2.75, 3.05) is 0 Å². The third kappa shape index (κ3) is 1.87. The summed E-state index contributed by atoms with van der Waals surface area (Å²) >= 11 is 3.44. The Hall–Kier alpha value is -0.280. The molecule has 0 aliphatic heterocycles. The van der Waals surface area contributed by atoms with Crippen LogP contribution in [0.2, 0.25) is 0 Å². The van der Waals surface area contributed by atoms with Gasteiger partial charge in [0.25, 0.3) is 0 Å². The summed E-state index contributed by atoms with van der Waals surface area (Å²) in [5.41, 5.74) is -0.755. The lowest BCUT2D eigenvalue weighted by Gasteiger charge is -2.38. The number of furan rings is 1. The minimum atomic E-state index is -0.755. The summed E-state index contributed by atoms with van der Waals surface area (Å²) in [5, 5.41) is 10.7. The molecular formula is C12H17BrO2. The highest BCUT2D eigenvalue weighted by atomic mass is 79.9. The lowest BCUT2D eigenvalue weighted by atomic mass is 9.73. The maximum absolute atomic E-state index is 10.7. The summed E-state index contributed by atoms with van der Waals surface area (Å²) in [6.45, 7) is 2.14. The zero-order valence-corrected chi connectivity index (χ0v) is 10.6. The Balaban J connectivity index is 2.34. The molecule has 1 saturated carbocycles. The second-order valence-electron chi connectivity index (χ2n) is 4.37. The number of hydrogen-bond acceptors (Lipinski definition) is 2. The molecule has 2 atom stereocenters. The largest absolute Gasteiger partial charge is 0.465 e. The number of halogens is 1. The van der Waals surface area contributed by atoms with Crippen molar-refractivity contribution < 1.29 is 9.52 Å². The quantitative estimate of drug-likeness (QED) is 0.888. The van der Waals surface area contributed by atoms with Crippen LogP contribution in [-0.2, 0) is 5.60 Å². The average molecular weight is 273 g/mol. The van der Waals surface area contributed by atoms with E-state index in [1.54, 1.807) is 6.26 Å². The minimum Gasteiger partial charge on any atom is -0.465 e. The van der Waals surface area contributed by atoms with E-state index in [1.165, 1.54) is 6.42 Å². The molecular weight excluding hydrogens is 256 g/mol. The lowest BCUT2D eigenvalue weighted by molar-refractivity contribution is -0.0725. The van der Waals surface area contributed by atoms with Gasteiger partial charge >= 0.3 is 0 Å². The zero-order valence-electron chi connectivity index (χ0n) is 9.00. The maximum Gasteiger partial charge on any atom is 0.149 e. The van der Waals surface area contributed by atoms with E-state index in [-0.39, 0.29) is 0 Å². The molecule has 0 saturated heterocycles. The van der Waals surface area contributed by atoms with Crippen LogP contribution in [0.5, 0.6) is 0 Å². The van der Waals surface area contributed by atoms with Crippen molar-refractivity contribution in [1.82, 2.24) is 0 Å². The monoisotopic (exact) mass is 272 g/mol. The molecule has 2 rings (SSSR count). The first kappa shape index (κ1) is 11.2. The average Bonchev–Trinajstić information content (AvgIpc) is 2.66. The van der Waals surface area contributed by atoms with Crippen molar-refractivity contribution in [3.63, 3.8) is 0 Å². The Morgan fingerprint density at radius 3 is 3.00 bits per heavy atom. The predicted molar refractivity (Wildman–Crippen MR) is 62.6 cm³/mol. The van der Waals surface area contributed by atoms with Gasteiger partial charge in [0.1, 0.15) is 11.4 Å². The number of aliphatic hydroxyl groups is 1. The van der Waals surface area contributed by atoms with Crippen LogP contribution in [0.3, 0.4) is 0 Å². The highest BCUT2D eigenvalue weighted by Gasteiger charge is 2.42. The van der Waals surface area contributed by atoms with Crippen molar-refractivity contribution in [2.45, 2.75) is 44.6 Å². The molecule has 1 aromatic rings. The molecule has 1 heterocycles. The second kappa shape index (κ2) is 4.30. The molecule has 1 N–H and O–H groups in total. The van der Waals surface area contributed by atoms with Gasteiger partial charge in [0.15, 0.2) is 0 Å². The summed E-state index contributed by atoms with van der Waals surface area (Å²) in [7, 11) is 0. The van der Waals surface area contributed by atoms with E-state index in [2.05, 4.69) is 22.9 Å². The molecule has 0 aromatic carbocycles. The minimum absolute atomic E-state index is 0.327. The fourth-order valence-electron chi connectivity index (χ4n) is 2.67. The van der Waals surface area contributed by atoms with E-state index in [0.717, 1.165) is 30.2 Å². The molecule has 1 aromatic heterocycles.